The number of hydrogen-bond acceptors (Lipinski definition) is 3. The van der Waals surface area contributed by atoms with E-state index in [4.69, 9.17) is 5.11 Å². The number of nitro groups is 1. The summed E-state index contributed by atoms with van der Waals surface area (Å²) in [6.45, 7) is 0. The maximum Gasteiger partial charge on any atom is 0.307 e. The van der Waals surface area contributed by atoms with Crippen LogP contribution >= 0.6 is 15.9 Å². The monoisotopic (exact) mass is 277 g/mol. The summed E-state index contributed by atoms with van der Waals surface area (Å²) in [7, 11) is 0. The lowest BCUT2D eigenvalue weighted by molar-refractivity contribution is -0.387. The highest BCUT2D eigenvalue weighted by Gasteiger charge is 2.18. The van der Waals surface area contributed by atoms with E-state index in [-0.39, 0.29) is 10.0 Å². The summed E-state index contributed by atoms with van der Waals surface area (Å²) in [4.78, 5) is 19.8. The zero-order chi connectivity index (χ0) is 11.6. The Morgan fingerprint density at radius 3 is 2.67 bits per heavy atom. The summed E-state index contributed by atoms with van der Waals surface area (Å²) in [6.07, 6.45) is -0.393. The van der Waals surface area contributed by atoms with Gasteiger partial charge in [-0.05, 0) is 11.6 Å². The minimum Gasteiger partial charge on any atom is -0.481 e. The van der Waals surface area contributed by atoms with Gasteiger partial charge in [-0.25, -0.2) is 0 Å². The van der Waals surface area contributed by atoms with Gasteiger partial charge in [-0.15, -0.1) is 0 Å². The SMILES string of the molecule is O=C(O)Cc1cc(F)c([N+](=O)[O-])cc1Br. The normalized spacial score (nSPS) is 10.0. The highest BCUT2D eigenvalue weighted by Crippen LogP contribution is 2.26. The number of nitrogens with zero attached hydrogens (tertiary/aromatic N) is 1. The van der Waals surface area contributed by atoms with Gasteiger partial charge in [-0.3, -0.25) is 14.9 Å². The molecule has 15 heavy (non-hydrogen) atoms. The quantitative estimate of drug-likeness (QED) is 0.678. The number of hydrogen-bond donors (Lipinski definition) is 1. The summed E-state index contributed by atoms with van der Waals surface area (Å²) < 4.78 is 13.3. The second-order valence-electron chi connectivity index (χ2n) is 2.72. The molecule has 0 unspecified atom stereocenters. The molecule has 0 radical (unpaired) electrons. The molecule has 1 aromatic carbocycles. The maximum absolute atomic E-state index is 13.1. The zero-order valence-electron chi connectivity index (χ0n) is 7.24. The molecule has 0 spiro atoms. The molecule has 0 atom stereocenters. The van der Waals surface area contributed by atoms with E-state index in [0.717, 1.165) is 12.1 Å². The molecule has 7 heteroatoms. The number of aliphatic carboxylic acids is 1. The number of benzene rings is 1. The number of rotatable bonds is 3. The van der Waals surface area contributed by atoms with Gasteiger partial charge < -0.3 is 5.11 Å². The molecule has 0 bridgehead atoms. The predicted octanol–water partition coefficient (Wildman–Crippen LogP) is 2.12. The molecule has 0 amide bonds. The molecule has 0 aliphatic carbocycles. The van der Waals surface area contributed by atoms with Crippen molar-refractivity contribution in [3.05, 3.63) is 38.1 Å². The summed E-state index contributed by atoms with van der Waals surface area (Å²) in [6, 6.07) is 1.80. The van der Waals surface area contributed by atoms with Crippen LogP contribution in [0.5, 0.6) is 0 Å². The molecule has 0 fully saturated rings. The van der Waals surface area contributed by atoms with Gasteiger partial charge in [0.2, 0.25) is 5.82 Å². The minimum absolute atomic E-state index is 0.158. The first-order valence-electron chi connectivity index (χ1n) is 3.76. The van der Waals surface area contributed by atoms with Gasteiger partial charge in [0.15, 0.2) is 0 Å². The molecule has 1 aromatic rings. The van der Waals surface area contributed by atoms with Crippen LogP contribution in [-0.2, 0) is 11.2 Å². The van der Waals surface area contributed by atoms with E-state index in [2.05, 4.69) is 15.9 Å². The molecule has 0 heterocycles. The van der Waals surface area contributed by atoms with Gasteiger partial charge in [0.05, 0.1) is 11.3 Å². The number of carbonyl (C=O) groups is 1. The van der Waals surface area contributed by atoms with E-state index in [1.807, 2.05) is 0 Å². The molecular formula is C8H5BrFNO4. The van der Waals surface area contributed by atoms with Gasteiger partial charge >= 0.3 is 11.7 Å². The minimum atomic E-state index is -1.14. The average molecular weight is 278 g/mol. The van der Waals surface area contributed by atoms with E-state index in [1.54, 1.807) is 0 Å². The van der Waals surface area contributed by atoms with Crippen molar-refractivity contribution in [1.82, 2.24) is 0 Å². The Hall–Kier alpha value is -1.50. The van der Waals surface area contributed by atoms with Gasteiger partial charge in [-0.1, -0.05) is 15.9 Å². The Labute approximate surface area is 91.8 Å². The van der Waals surface area contributed by atoms with Crippen molar-refractivity contribution in [3.8, 4) is 0 Å². The zero-order valence-corrected chi connectivity index (χ0v) is 8.82. The number of carboxylic acid groups (broad SMARTS) is 1. The predicted molar refractivity (Wildman–Crippen MR) is 52.1 cm³/mol. The fourth-order valence-electron chi connectivity index (χ4n) is 1.02. The Bertz CT molecular complexity index is 435. The van der Waals surface area contributed by atoms with Crippen LogP contribution in [-0.4, -0.2) is 16.0 Å². The third-order valence-corrected chi connectivity index (χ3v) is 2.39. The van der Waals surface area contributed by atoms with Crippen LogP contribution < -0.4 is 0 Å². The molecule has 5 nitrogen and oxygen atoms in total. The van der Waals surface area contributed by atoms with E-state index >= 15 is 0 Å². The van der Waals surface area contributed by atoms with E-state index < -0.39 is 28.8 Å². The first-order chi connectivity index (χ1) is 6.91. The van der Waals surface area contributed by atoms with Crippen LogP contribution in [0, 0.1) is 15.9 Å². The van der Waals surface area contributed by atoms with Crippen molar-refractivity contribution in [2.24, 2.45) is 0 Å². The summed E-state index contributed by atoms with van der Waals surface area (Å²) in [5.74, 6) is -2.18. The van der Waals surface area contributed by atoms with Crippen molar-refractivity contribution >= 4 is 27.6 Å². The topological polar surface area (TPSA) is 80.4 Å². The van der Waals surface area contributed by atoms with Crippen molar-refractivity contribution in [1.29, 1.82) is 0 Å². The third-order valence-electron chi connectivity index (χ3n) is 1.65. The van der Waals surface area contributed by atoms with Crippen LogP contribution in [0.4, 0.5) is 10.1 Å². The Balaban J connectivity index is 3.19. The summed E-state index contributed by atoms with van der Waals surface area (Å²) in [5, 5.41) is 18.8. The van der Waals surface area contributed by atoms with Crippen molar-refractivity contribution in [2.75, 3.05) is 0 Å². The molecule has 80 valence electrons. The van der Waals surface area contributed by atoms with Crippen LogP contribution in [0.2, 0.25) is 0 Å². The largest absolute Gasteiger partial charge is 0.481 e. The first-order valence-corrected chi connectivity index (χ1v) is 4.55. The third kappa shape index (κ3) is 2.72. The molecule has 0 aliphatic heterocycles. The molecule has 0 saturated carbocycles. The lowest BCUT2D eigenvalue weighted by Gasteiger charge is -2.02. The first kappa shape index (κ1) is 11.6. The standard InChI is InChI=1S/C8H5BrFNO4/c9-5-3-7(11(14)15)6(10)1-4(5)2-8(12)13/h1,3H,2H2,(H,12,13). The van der Waals surface area contributed by atoms with Crippen molar-refractivity contribution in [2.45, 2.75) is 6.42 Å². The molecular weight excluding hydrogens is 273 g/mol. The molecule has 1 rings (SSSR count). The number of carboxylic acids is 1. The van der Waals surface area contributed by atoms with Gasteiger partial charge in [0.25, 0.3) is 0 Å². The van der Waals surface area contributed by atoms with E-state index in [9.17, 15) is 19.3 Å². The van der Waals surface area contributed by atoms with Gasteiger partial charge in [-0.2, -0.15) is 4.39 Å². The fraction of sp³-hybridized carbons (Fsp3) is 0.125. The second kappa shape index (κ2) is 4.35. The highest BCUT2D eigenvalue weighted by atomic mass is 79.9. The van der Waals surface area contributed by atoms with Crippen LogP contribution in [0.15, 0.2) is 16.6 Å². The fourth-order valence-corrected chi connectivity index (χ4v) is 1.49. The van der Waals surface area contributed by atoms with Gasteiger partial charge in [0, 0.05) is 10.5 Å². The smallest absolute Gasteiger partial charge is 0.307 e. The average Bonchev–Trinajstić information content (AvgIpc) is 2.09. The summed E-state index contributed by atoms with van der Waals surface area (Å²) in [5.41, 5.74) is -0.526. The molecule has 0 aliphatic rings. The van der Waals surface area contributed by atoms with E-state index in [0.29, 0.717) is 0 Å². The Kier molecular flexibility index (Phi) is 3.35. The van der Waals surface area contributed by atoms with Crippen LogP contribution in [0.25, 0.3) is 0 Å². The lowest BCUT2D eigenvalue weighted by Crippen LogP contribution is -2.02. The Morgan fingerprint density at radius 1 is 1.60 bits per heavy atom. The summed E-state index contributed by atoms with van der Waals surface area (Å²) >= 11 is 2.94. The number of nitro benzene ring substituents is 1. The maximum atomic E-state index is 13.1. The second-order valence-corrected chi connectivity index (χ2v) is 3.58. The molecule has 0 aromatic heterocycles. The van der Waals surface area contributed by atoms with Crippen molar-refractivity contribution < 1.29 is 19.2 Å². The molecule has 1 N–H and O–H groups in total. The Morgan fingerprint density at radius 2 is 2.20 bits per heavy atom. The van der Waals surface area contributed by atoms with E-state index in [1.165, 1.54) is 0 Å². The van der Waals surface area contributed by atoms with Crippen LogP contribution in [0.3, 0.4) is 0 Å². The van der Waals surface area contributed by atoms with Crippen molar-refractivity contribution in [3.63, 3.8) is 0 Å². The lowest BCUT2D eigenvalue weighted by atomic mass is 10.1. The molecule has 0 saturated heterocycles. The van der Waals surface area contributed by atoms with Gasteiger partial charge in [0.1, 0.15) is 0 Å². The van der Waals surface area contributed by atoms with Crippen LogP contribution in [0.1, 0.15) is 5.56 Å². The highest BCUT2D eigenvalue weighted by molar-refractivity contribution is 9.10. The number of halogens is 2.